The van der Waals surface area contributed by atoms with E-state index in [0.29, 0.717) is 60.1 Å². The number of carboxylic acid groups (broad SMARTS) is 1. The zero-order valence-corrected chi connectivity index (χ0v) is 34.5. The van der Waals surface area contributed by atoms with Gasteiger partial charge in [0.25, 0.3) is 5.91 Å². The summed E-state index contributed by atoms with van der Waals surface area (Å²) >= 11 is 7.88. The number of thiophene rings is 1. The molecule has 0 spiro atoms. The molecule has 1 saturated heterocycles. The van der Waals surface area contributed by atoms with Crippen LogP contribution in [0.15, 0.2) is 18.5 Å². The molecule has 6 amide bonds. The van der Waals surface area contributed by atoms with Crippen LogP contribution >= 0.6 is 22.9 Å². The Morgan fingerprint density at radius 2 is 1.76 bits per heavy atom. The highest BCUT2D eigenvalue weighted by Crippen LogP contribution is 2.37. The van der Waals surface area contributed by atoms with Crippen LogP contribution in [-0.2, 0) is 36.1 Å². The highest BCUT2D eigenvalue weighted by molar-refractivity contribution is 7.14. The topological polar surface area (TPSA) is 204 Å². The fraction of sp³-hybridized carbons (Fsp3) is 0.600. The third-order valence-corrected chi connectivity index (χ3v) is 13.2. The number of hydrogen-bond donors (Lipinski definition) is 5. The maximum Gasteiger partial charge on any atom is 0.407 e. The molecule has 1 atom stereocenters. The van der Waals surface area contributed by atoms with Gasteiger partial charge < -0.3 is 30.9 Å². The van der Waals surface area contributed by atoms with Crippen molar-refractivity contribution in [3.05, 3.63) is 44.5 Å². The van der Waals surface area contributed by atoms with Crippen LogP contribution in [0.25, 0.3) is 11.3 Å². The standard InChI is InChI=1S/C40H53ClN10O6S/c1-49-32(18-24-8-9-24)29(21-45-49)34-30(41)22-43-38(48-34)46-26-10-12-27(13-11-26)50(40(56)57)17-7-5-3-2-4-6-16-42-39(55)44-20-28-19-25-23-51(37(54)35(25)58-28)31-14-15-33(52)47-36(31)53/h19,21-22,24,26-27,31H,2-18,20,23H2,1H3,(H,56,57)(H2,42,44,55)(H,43,46,48)(H,47,52,53)/t26-,27-,31?. The summed E-state index contributed by atoms with van der Waals surface area (Å²) in [6.45, 7) is 1.69. The molecule has 3 fully saturated rings. The average Bonchev–Trinajstić information content (AvgIpc) is 3.71. The SMILES string of the molecule is Cn1ncc(-c2nc(N[C@H]3CC[C@H](N(CCCCCCCCNC(=O)NCc4cc5c(s4)C(=O)N(C4CCC(=O)NC4=O)C5)C(=O)O)CC3)ncc2Cl)c1CC1CC1. The summed E-state index contributed by atoms with van der Waals surface area (Å²) in [4.78, 5) is 75.1. The Bertz CT molecular complexity index is 1990. The Kier molecular flexibility index (Phi) is 13.5. The summed E-state index contributed by atoms with van der Waals surface area (Å²) < 4.78 is 1.91. The van der Waals surface area contributed by atoms with Crippen molar-refractivity contribution in [1.82, 2.24) is 45.5 Å². The summed E-state index contributed by atoms with van der Waals surface area (Å²) in [6, 6.07) is 1.13. The van der Waals surface area contributed by atoms with Gasteiger partial charge in [-0.1, -0.05) is 37.3 Å². The van der Waals surface area contributed by atoms with Crippen molar-refractivity contribution >= 4 is 58.7 Å². The molecule has 5 heterocycles. The Morgan fingerprint density at radius 3 is 2.48 bits per heavy atom. The predicted octanol–water partition coefficient (Wildman–Crippen LogP) is 5.85. The second-order valence-electron chi connectivity index (χ2n) is 16.0. The average molecular weight is 837 g/mol. The first-order valence-corrected chi connectivity index (χ1v) is 21.8. The monoisotopic (exact) mass is 836 g/mol. The lowest BCUT2D eigenvalue weighted by molar-refractivity contribution is -0.136. The van der Waals surface area contributed by atoms with Crippen LogP contribution < -0.4 is 21.3 Å². The smallest absolute Gasteiger partial charge is 0.407 e. The molecule has 3 aromatic heterocycles. The number of hydrogen-bond acceptors (Lipinski definition) is 10. The number of carbonyl (C=O) groups is 5. The summed E-state index contributed by atoms with van der Waals surface area (Å²) in [5.74, 6) is 0.269. The first-order valence-electron chi connectivity index (χ1n) is 20.6. The highest BCUT2D eigenvalue weighted by atomic mass is 35.5. The van der Waals surface area contributed by atoms with E-state index < -0.39 is 18.0 Å². The molecule has 312 valence electrons. The van der Waals surface area contributed by atoms with Gasteiger partial charge in [-0.3, -0.25) is 24.4 Å². The summed E-state index contributed by atoms with van der Waals surface area (Å²) in [6.07, 6.45) is 15.4. The number of carbonyl (C=O) groups excluding carboxylic acids is 4. The molecule has 2 saturated carbocycles. The van der Waals surface area contributed by atoms with Gasteiger partial charge in [0.1, 0.15) is 6.04 Å². The van der Waals surface area contributed by atoms with Gasteiger partial charge in [-0.2, -0.15) is 5.10 Å². The number of nitrogens with one attached hydrogen (secondary N) is 4. The number of imide groups is 1. The first-order chi connectivity index (χ1) is 28.0. The zero-order chi connectivity index (χ0) is 40.8. The maximum absolute atomic E-state index is 12.9. The molecule has 16 nitrogen and oxygen atoms in total. The van der Waals surface area contributed by atoms with Crippen LogP contribution in [-0.4, -0.2) is 95.7 Å². The highest BCUT2D eigenvalue weighted by Gasteiger charge is 2.40. The van der Waals surface area contributed by atoms with Crippen LogP contribution in [0.1, 0.15) is 116 Å². The second-order valence-corrected chi connectivity index (χ2v) is 17.5. The number of fused-ring (bicyclic) bond motifs is 1. The molecule has 3 aromatic rings. The molecule has 0 bridgehead atoms. The van der Waals surface area contributed by atoms with Crippen molar-refractivity contribution in [2.45, 2.75) is 128 Å². The molecule has 7 rings (SSSR count). The van der Waals surface area contributed by atoms with Crippen molar-refractivity contribution in [3.63, 3.8) is 0 Å². The van der Waals surface area contributed by atoms with E-state index in [1.54, 1.807) is 11.1 Å². The summed E-state index contributed by atoms with van der Waals surface area (Å²) in [7, 11) is 1.96. The predicted molar refractivity (Wildman–Crippen MR) is 218 cm³/mol. The minimum absolute atomic E-state index is 0.00612. The molecule has 4 aliphatic rings. The van der Waals surface area contributed by atoms with Crippen molar-refractivity contribution < 1.29 is 29.1 Å². The van der Waals surface area contributed by atoms with E-state index in [9.17, 15) is 29.1 Å². The largest absolute Gasteiger partial charge is 0.465 e. The van der Waals surface area contributed by atoms with Crippen molar-refractivity contribution in [1.29, 1.82) is 0 Å². The Labute approximate surface area is 346 Å². The molecule has 58 heavy (non-hydrogen) atoms. The number of halogens is 1. The minimum atomic E-state index is -0.863. The molecule has 0 aromatic carbocycles. The lowest BCUT2D eigenvalue weighted by Gasteiger charge is -2.35. The van der Waals surface area contributed by atoms with Crippen LogP contribution in [0, 0.1) is 5.92 Å². The maximum atomic E-state index is 12.9. The fourth-order valence-electron chi connectivity index (χ4n) is 8.31. The first kappa shape index (κ1) is 41.4. The van der Waals surface area contributed by atoms with Gasteiger partial charge in [-0.15, -0.1) is 11.3 Å². The quantitative estimate of drug-likeness (QED) is 0.0764. The van der Waals surface area contributed by atoms with Gasteiger partial charge in [0.15, 0.2) is 0 Å². The van der Waals surface area contributed by atoms with Gasteiger partial charge in [0, 0.05) is 61.3 Å². The van der Waals surface area contributed by atoms with Crippen LogP contribution in [0.2, 0.25) is 5.02 Å². The lowest BCUT2D eigenvalue weighted by atomic mass is 9.90. The Balaban J connectivity index is 0.740. The van der Waals surface area contributed by atoms with E-state index in [4.69, 9.17) is 16.6 Å². The van der Waals surface area contributed by atoms with E-state index in [1.807, 2.05) is 24.0 Å². The molecule has 2 aliphatic carbocycles. The van der Waals surface area contributed by atoms with E-state index in [0.717, 1.165) is 92.3 Å². The van der Waals surface area contributed by atoms with Gasteiger partial charge in [0.2, 0.25) is 17.8 Å². The molecule has 1 unspecified atom stereocenters. The number of anilines is 1. The number of urea groups is 1. The van der Waals surface area contributed by atoms with Crippen molar-refractivity contribution in [2.24, 2.45) is 13.0 Å². The number of rotatable bonds is 18. The number of aryl methyl sites for hydroxylation is 1. The molecule has 18 heteroatoms. The van der Waals surface area contributed by atoms with E-state index in [1.165, 1.54) is 29.1 Å². The Morgan fingerprint density at radius 1 is 1.00 bits per heavy atom. The molecule has 5 N–H and O–H groups in total. The van der Waals surface area contributed by atoms with Gasteiger partial charge in [0.05, 0.1) is 34.5 Å². The van der Waals surface area contributed by atoms with Crippen LogP contribution in [0.5, 0.6) is 0 Å². The number of amides is 6. The normalized spacial score (nSPS) is 20.5. The minimum Gasteiger partial charge on any atom is -0.465 e. The second kappa shape index (κ2) is 18.9. The van der Waals surface area contributed by atoms with Crippen LogP contribution in [0.4, 0.5) is 15.5 Å². The van der Waals surface area contributed by atoms with E-state index >= 15 is 0 Å². The summed E-state index contributed by atoms with van der Waals surface area (Å²) in [5.41, 5.74) is 3.61. The summed E-state index contributed by atoms with van der Waals surface area (Å²) in [5, 5.41) is 26.5. The van der Waals surface area contributed by atoms with Crippen LogP contribution in [0.3, 0.4) is 0 Å². The van der Waals surface area contributed by atoms with E-state index in [2.05, 4.69) is 31.3 Å². The molecular weight excluding hydrogens is 784 g/mol. The molecule has 2 aliphatic heterocycles. The van der Waals surface area contributed by atoms with E-state index in [-0.39, 0.29) is 36.3 Å². The fourth-order valence-corrected chi connectivity index (χ4v) is 9.57. The number of unbranched alkanes of at least 4 members (excludes halogenated alkanes) is 5. The molecule has 0 radical (unpaired) electrons. The number of piperidine rings is 1. The lowest BCUT2D eigenvalue weighted by Crippen LogP contribution is -2.52. The van der Waals surface area contributed by atoms with Gasteiger partial charge in [-0.05, 0) is 81.8 Å². The Hall–Kier alpha value is -4.77. The number of nitrogens with zero attached hydrogens (tertiary/aromatic N) is 6. The third-order valence-electron chi connectivity index (χ3n) is 11.7. The zero-order valence-electron chi connectivity index (χ0n) is 32.9. The van der Waals surface area contributed by atoms with Crippen molar-refractivity contribution in [3.8, 4) is 11.3 Å². The van der Waals surface area contributed by atoms with Gasteiger partial charge >= 0.3 is 12.1 Å². The third kappa shape index (κ3) is 10.3. The van der Waals surface area contributed by atoms with Crippen molar-refractivity contribution in [2.75, 3.05) is 18.4 Å². The number of aromatic nitrogens is 4. The van der Waals surface area contributed by atoms with Gasteiger partial charge in [-0.25, -0.2) is 19.6 Å². The molecular formula is C40H53ClN10O6S.